The van der Waals surface area contributed by atoms with Crippen LogP contribution in [0.5, 0.6) is 5.75 Å². The van der Waals surface area contributed by atoms with Crippen molar-refractivity contribution in [3.63, 3.8) is 0 Å². The van der Waals surface area contributed by atoms with Crippen LogP contribution in [0.4, 0.5) is 0 Å². The number of fused-ring (bicyclic) bond motifs is 2. The molecule has 1 saturated heterocycles. The fraction of sp³-hybridized carbons (Fsp3) is 0.310. The van der Waals surface area contributed by atoms with Crippen molar-refractivity contribution in [1.29, 1.82) is 0 Å². The average Bonchev–Trinajstić information content (AvgIpc) is 3.58. The van der Waals surface area contributed by atoms with Crippen LogP contribution in [-0.4, -0.2) is 36.1 Å². The molecule has 184 valence electrons. The number of ether oxygens (including phenoxy) is 1. The summed E-state index contributed by atoms with van der Waals surface area (Å²) in [6.07, 6.45) is 5.78. The van der Waals surface area contributed by atoms with Crippen LogP contribution >= 0.6 is 0 Å². The molecule has 2 aromatic carbocycles. The molecule has 7 nitrogen and oxygen atoms in total. The van der Waals surface area contributed by atoms with E-state index in [0.717, 1.165) is 48.0 Å². The molecule has 0 bridgehead atoms. The highest BCUT2D eigenvalue weighted by atomic mass is 16.5. The number of imide groups is 1. The van der Waals surface area contributed by atoms with Gasteiger partial charge in [-0.1, -0.05) is 18.2 Å². The standard InChI is InChI=1S/C29H29N3O4/c1-17(2)32-15-23(22-14-20(6-7-24(22)32)36-16-18-8-11-30-12-9-18)26-25(28(33)31-29(26)34)21-5-3-4-19-10-13-35-27(19)21/h3-7,10,13-15,17-18,30H,8-9,11-12,16H2,1-2H3,(H,31,33,34). The highest BCUT2D eigenvalue weighted by molar-refractivity contribution is 6.50. The maximum atomic E-state index is 13.2. The number of para-hydroxylation sites is 1. The second-order valence-electron chi connectivity index (χ2n) is 9.90. The fourth-order valence-corrected chi connectivity index (χ4v) is 5.37. The van der Waals surface area contributed by atoms with Gasteiger partial charge in [0.15, 0.2) is 0 Å². The fourth-order valence-electron chi connectivity index (χ4n) is 5.37. The lowest BCUT2D eigenvalue weighted by molar-refractivity contribution is -0.122. The van der Waals surface area contributed by atoms with Gasteiger partial charge in [-0.15, -0.1) is 0 Å². The predicted molar refractivity (Wildman–Crippen MR) is 140 cm³/mol. The topological polar surface area (TPSA) is 85.5 Å². The number of aromatic nitrogens is 1. The molecular formula is C29H29N3O4. The first-order chi connectivity index (χ1) is 17.5. The molecule has 36 heavy (non-hydrogen) atoms. The molecule has 0 aliphatic carbocycles. The predicted octanol–water partition coefficient (Wildman–Crippen LogP) is 4.91. The first kappa shape index (κ1) is 22.6. The number of carbonyl (C=O) groups is 2. The highest BCUT2D eigenvalue weighted by Crippen LogP contribution is 2.40. The average molecular weight is 484 g/mol. The maximum Gasteiger partial charge on any atom is 0.259 e. The SMILES string of the molecule is CC(C)n1cc(C2=C(c3cccc4ccoc34)C(=O)NC2=O)c2cc(OCC3CCNCC3)ccc21. The molecule has 1 fully saturated rings. The zero-order valence-corrected chi connectivity index (χ0v) is 20.5. The molecule has 2 aliphatic rings. The Hall–Kier alpha value is -3.84. The van der Waals surface area contributed by atoms with E-state index in [1.807, 2.05) is 48.7 Å². The number of hydrogen-bond donors (Lipinski definition) is 2. The molecule has 7 heteroatoms. The zero-order chi connectivity index (χ0) is 24.8. The molecule has 0 radical (unpaired) electrons. The van der Waals surface area contributed by atoms with Gasteiger partial charge in [0.25, 0.3) is 11.8 Å². The Morgan fingerprint density at radius 1 is 1.03 bits per heavy atom. The van der Waals surface area contributed by atoms with Crippen molar-refractivity contribution in [1.82, 2.24) is 15.2 Å². The van der Waals surface area contributed by atoms with Crippen molar-refractivity contribution < 1.29 is 18.7 Å². The largest absolute Gasteiger partial charge is 0.493 e. The highest BCUT2D eigenvalue weighted by Gasteiger charge is 2.35. The third-order valence-corrected chi connectivity index (χ3v) is 7.25. The molecule has 2 N–H and O–H groups in total. The summed E-state index contributed by atoms with van der Waals surface area (Å²) in [4.78, 5) is 26.3. The number of amides is 2. The first-order valence-corrected chi connectivity index (χ1v) is 12.6. The Bertz CT molecular complexity index is 1520. The number of rotatable bonds is 6. The third-order valence-electron chi connectivity index (χ3n) is 7.25. The Morgan fingerprint density at radius 2 is 1.81 bits per heavy atom. The van der Waals surface area contributed by atoms with Crippen LogP contribution in [0, 0.1) is 5.92 Å². The number of nitrogens with one attached hydrogen (secondary N) is 2. The third kappa shape index (κ3) is 3.80. The lowest BCUT2D eigenvalue weighted by atomic mass is 9.95. The second-order valence-corrected chi connectivity index (χ2v) is 9.90. The van der Waals surface area contributed by atoms with Gasteiger partial charge in [-0.05, 0) is 70.0 Å². The Morgan fingerprint density at radius 3 is 2.58 bits per heavy atom. The monoisotopic (exact) mass is 483 g/mol. The van der Waals surface area contributed by atoms with Crippen molar-refractivity contribution in [3.8, 4) is 5.75 Å². The molecule has 4 heterocycles. The number of furan rings is 1. The van der Waals surface area contributed by atoms with Crippen molar-refractivity contribution in [2.24, 2.45) is 5.92 Å². The summed E-state index contributed by atoms with van der Waals surface area (Å²) in [5, 5.41) is 7.67. The van der Waals surface area contributed by atoms with E-state index in [2.05, 4.69) is 29.0 Å². The van der Waals surface area contributed by atoms with E-state index in [-0.39, 0.29) is 6.04 Å². The number of carbonyl (C=O) groups excluding carboxylic acids is 2. The molecule has 0 unspecified atom stereocenters. The van der Waals surface area contributed by atoms with E-state index < -0.39 is 11.8 Å². The summed E-state index contributed by atoms with van der Waals surface area (Å²) in [7, 11) is 0. The van der Waals surface area contributed by atoms with Crippen molar-refractivity contribution in [2.45, 2.75) is 32.7 Å². The maximum absolute atomic E-state index is 13.2. The van der Waals surface area contributed by atoms with Gasteiger partial charge in [0.1, 0.15) is 11.3 Å². The van der Waals surface area contributed by atoms with Gasteiger partial charge in [-0.2, -0.15) is 0 Å². The molecule has 0 spiro atoms. The van der Waals surface area contributed by atoms with Gasteiger partial charge in [0.05, 0.1) is 24.0 Å². The van der Waals surface area contributed by atoms with Crippen LogP contribution in [-0.2, 0) is 9.59 Å². The Labute approximate surface area is 209 Å². The lowest BCUT2D eigenvalue weighted by Crippen LogP contribution is -2.30. The van der Waals surface area contributed by atoms with Crippen LogP contribution < -0.4 is 15.4 Å². The summed E-state index contributed by atoms with van der Waals surface area (Å²) in [6.45, 7) is 6.92. The summed E-state index contributed by atoms with van der Waals surface area (Å²) in [6, 6.07) is 13.7. The lowest BCUT2D eigenvalue weighted by Gasteiger charge is -2.22. The van der Waals surface area contributed by atoms with Crippen molar-refractivity contribution in [2.75, 3.05) is 19.7 Å². The minimum atomic E-state index is -0.414. The zero-order valence-electron chi connectivity index (χ0n) is 20.5. The van der Waals surface area contributed by atoms with E-state index in [4.69, 9.17) is 9.15 Å². The van der Waals surface area contributed by atoms with Gasteiger partial charge in [0.2, 0.25) is 0 Å². The number of piperidine rings is 1. The minimum Gasteiger partial charge on any atom is -0.493 e. The molecule has 0 atom stereocenters. The van der Waals surface area contributed by atoms with E-state index in [1.54, 1.807) is 6.26 Å². The quantitative estimate of drug-likeness (QED) is 0.381. The van der Waals surface area contributed by atoms with Gasteiger partial charge < -0.3 is 19.0 Å². The second kappa shape index (κ2) is 8.99. The first-order valence-electron chi connectivity index (χ1n) is 12.6. The van der Waals surface area contributed by atoms with Gasteiger partial charge in [0, 0.05) is 39.7 Å². The molecular weight excluding hydrogens is 454 g/mol. The molecule has 6 rings (SSSR count). The molecule has 2 aromatic heterocycles. The number of hydrogen-bond acceptors (Lipinski definition) is 5. The molecule has 0 saturated carbocycles. The molecule has 2 amide bonds. The van der Waals surface area contributed by atoms with Crippen molar-refractivity contribution >= 4 is 44.8 Å². The Kier molecular flexibility index (Phi) is 5.64. The summed E-state index contributed by atoms with van der Waals surface area (Å²) < 4.78 is 14.1. The van der Waals surface area contributed by atoms with E-state index in [0.29, 0.717) is 40.4 Å². The van der Waals surface area contributed by atoms with E-state index in [9.17, 15) is 9.59 Å². The minimum absolute atomic E-state index is 0.167. The smallest absolute Gasteiger partial charge is 0.259 e. The van der Waals surface area contributed by atoms with Crippen LogP contribution in [0.25, 0.3) is 33.0 Å². The summed E-state index contributed by atoms with van der Waals surface area (Å²) in [5.41, 5.74) is 3.61. The van der Waals surface area contributed by atoms with E-state index in [1.165, 1.54) is 0 Å². The molecule has 4 aromatic rings. The van der Waals surface area contributed by atoms with Crippen LogP contribution in [0.15, 0.2) is 59.3 Å². The van der Waals surface area contributed by atoms with Crippen LogP contribution in [0.3, 0.4) is 0 Å². The number of nitrogens with zero attached hydrogens (tertiary/aromatic N) is 1. The van der Waals surface area contributed by atoms with Crippen LogP contribution in [0.1, 0.15) is 43.9 Å². The Balaban J connectivity index is 1.50. The van der Waals surface area contributed by atoms with Gasteiger partial charge in [-0.25, -0.2) is 0 Å². The van der Waals surface area contributed by atoms with E-state index >= 15 is 0 Å². The van der Waals surface area contributed by atoms with Crippen molar-refractivity contribution in [3.05, 3.63) is 66.1 Å². The van der Waals surface area contributed by atoms with Gasteiger partial charge in [-0.3, -0.25) is 14.9 Å². The summed E-state index contributed by atoms with van der Waals surface area (Å²) >= 11 is 0. The number of benzene rings is 2. The van der Waals surface area contributed by atoms with Gasteiger partial charge >= 0.3 is 0 Å². The normalized spacial score (nSPS) is 17.1. The van der Waals surface area contributed by atoms with Crippen LogP contribution in [0.2, 0.25) is 0 Å². The summed E-state index contributed by atoms with van der Waals surface area (Å²) in [5.74, 6) is 0.483. The molecule has 2 aliphatic heterocycles.